The third kappa shape index (κ3) is 5.61. The summed E-state index contributed by atoms with van der Waals surface area (Å²) in [5.41, 5.74) is 1.56. The zero-order valence-corrected chi connectivity index (χ0v) is 21.8. The van der Waals surface area contributed by atoms with Gasteiger partial charge in [-0.3, -0.25) is 14.5 Å². The normalized spacial score (nSPS) is 14.9. The molecule has 34 heavy (non-hydrogen) atoms. The number of carbonyl (C=O) groups excluding carboxylic acids is 2. The number of imide groups is 1. The van der Waals surface area contributed by atoms with Crippen molar-refractivity contribution in [1.29, 1.82) is 0 Å². The summed E-state index contributed by atoms with van der Waals surface area (Å²) < 4.78 is 20.6. The molecule has 4 rings (SSSR count). The number of hydrogen-bond donors (Lipinski definition) is 0. The molecule has 0 saturated carbocycles. The molecular weight excluding hydrogens is 588 g/mol. The number of amides is 2. The van der Waals surface area contributed by atoms with Crippen molar-refractivity contribution in [3.05, 3.63) is 102 Å². The molecule has 0 spiro atoms. The van der Waals surface area contributed by atoms with Crippen LogP contribution in [0.2, 0.25) is 15.1 Å². The van der Waals surface area contributed by atoms with E-state index in [1.807, 2.05) is 0 Å². The largest absolute Gasteiger partial charge is 0.488 e. The molecule has 1 fully saturated rings. The second kappa shape index (κ2) is 10.7. The average Bonchev–Trinajstić information content (AvgIpc) is 3.04. The summed E-state index contributed by atoms with van der Waals surface area (Å²) in [6.45, 7) is 0.00266. The lowest BCUT2D eigenvalue weighted by molar-refractivity contribution is -0.123. The van der Waals surface area contributed by atoms with Crippen molar-refractivity contribution in [1.82, 2.24) is 4.90 Å². The Bertz CT molecular complexity index is 1310. The molecule has 3 aromatic rings. The first kappa shape index (κ1) is 25.1. The van der Waals surface area contributed by atoms with Crippen LogP contribution in [0.25, 0.3) is 6.08 Å². The van der Waals surface area contributed by atoms with Gasteiger partial charge in [-0.1, -0.05) is 53.0 Å². The van der Waals surface area contributed by atoms with Crippen LogP contribution in [0.3, 0.4) is 0 Å². The van der Waals surface area contributed by atoms with Gasteiger partial charge in [-0.25, -0.2) is 4.39 Å². The summed E-state index contributed by atoms with van der Waals surface area (Å²) in [7, 11) is 0. The SMILES string of the molecule is O=C1SC(=Cc2ccc(OCc3ccc(Cl)cc3Cl)c(Br)c2)C(=O)N1Cc1c(F)cccc1Cl. The first-order chi connectivity index (χ1) is 16.2. The standard InChI is InChI=1S/C24H14BrCl3FNO3S/c25-17-8-13(4-7-21(17)33-12-14-5-6-15(26)10-19(14)28)9-22-23(31)30(24(32)34-22)11-16-18(27)2-1-3-20(16)29/h1-10H,11-12H2. The van der Waals surface area contributed by atoms with Crippen molar-refractivity contribution < 1.29 is 18.7 Å². The lowest BCUT2D eigenvalue weighted by Gasteiger charge is -2.14. The number of carbonyl (C=O) groups is 2. The molecule has 4 nitrogen and oxygen atoms in total. The smallest absolute Gasteiger partial charge is 0.293 e. The molecule has 1 heterocycles. The van der Waals surface area contributed by atoms with Crippen molar-refractivity contribution in [2.75, 3.05) is 0 Å². The van der Waals surface area contributed by atoms with Gasteiger partial charge in [-0.2, -0.15) is 0 Å². The van der Waals surface area contributed by atoms with Crippen LogP contribution < -0.4 is 4.74 Å². The van der Waals surface area contributed by atoms with Gasteiger partial charge in [0, 0.05) is 26.2 Å². The number of benzene rings is 3. The van der Waals surface area contributed by atoms with Crippen LogP contribution >= 0.6 is 62.5 Å². The zero-order valence-electron chi connectivity index (χ0n) is 17.2. The lowest BCUT2D eigenvalue weighted by atomic mass is 10.2. The number of rotatable bonds is 6. The van der Waals surface area contributed by atoms with Gasteiger partial charge in [0.25, 0.3) is 11.1 Å². The van der Waals surface area contributed by atoms with Crippen LogP contribution in [0.5, 0.6) is 5.75 Å². The number of halogens is 5. The summed E-state index contributed by atoms with van der Waals surface area (Å²) in [6, 6.07) is 14.6. The Morgan fingerprint density at radius 3 is 2.53 bits per heavy atom. The third-order valence-electron chi connectivity index (χ3n) is 4.90. The molecule has 0 bridgehead atoms. The molecule has 2 amide bonds. The minimum absolute atomic E-state index is 0.0951. The molecule has 0 aliphatic carbocycles. The Morgan fingerprint density at radius 1 is 1.03 bits per heavy atom. The van der Waals surface area contributed by atoms with E-state index in [4.69, 9.17) is 39.5 Å². The third-order valence-corrected chi connectivity index (χ3v) is 7.37. The van der Waals surface area contributed by atoms with Crippen molar-refractivity contribution in [3.8, 4) is 5.75 Å². The van der Waals surface area contributed by atoms with E-state index < -0.39 is 17.0 Å². The second-order valence-electron chi connectivity index (χ2n) is 7.18. The molecular formula is C24H14BrCl3FNO3S. The first-order valence-electron chi connectivity index (χ1n) is 9.77. The minimum Gasteiger partial charge on any atom is -0.488 e. The zero-order chi connectivity index (χ0) is 24.4. The van der Waals surface area contributed by atoms with Crippen molar-refractivity contribution in [2.45, 2.75) is 13.2 Å². The highest BCUT2D eigenvalue weighted by Gasteiger charge is 2.35. The van der Waals surface area contributed by atoms with Gasteiger partial charge in [0.15, 0.2) is 0 Å². The first-order valence-corrected chi connectivity index (χ1v) is 12.5. The number of thioether (sulfide) groups is 1. The van der Waals surface area contributed by atoms with Gasteiger partial charge in [-0.15, -0.1) is 0 Å². The Hall–Kier alpha value is -2.03. The summed E-state index contributed by atoms with van der Waals surface area (Å²) in [6.07, 6.45) is 1.60. The second-order valence-corrected chi connectivity index (χ2v) is 10.3. The Labute approximate surface area is 222 Å². The van der Waals surface area contributed by atoms with E-state index >= 15 is 0 Å². The van der Waals surface area contributed by atoms with Crippen LogP contribution in [0.15, 0.2) is 64.0 Å². The maximum Gasteiger partial charge on any atom is 0.293 e. The Morgan fingerprint density at radius 2 is 1.82 bits per heavy atom. The number of hydrogen-bond acceptors (Lipinski definition) is 4. The van der Waals surface area contributed by atoms with Gasteiger partial charge >= 0.3 is 0 Å². The van der Waals surface area contributed by atoms with E-state index in [0.717, 1.165) is 22.2 Å². The maximum atomic E-state index is 14.1. The van der Waals surface area contributed by atoms with Crippen LogP contribution in [-0.2, 0) is 17.9 Å². The van der Waals surface area contributed by atoms with Crippen LogP contribution in [0.1, 0.15) is 16.7 Å². The van der Waals surface area contributed by atoms with Gasteiger partial charge in [0.1, 0.15) is 18.2 Å². The molecule has 1 aliphatic heterocycles. The topological polar surface area (TPSA) is 46.6 Å². The predicted octanol–water partition coefficient (Wildman–Crippen LogP) is 8.36. The van der Waals surface area contributed by atoms with E-state index in [-0.39, 0.29) is 28.6 Å². The Balaban J connectivity index is 1.48. The van der Waals surface area contributed by atoms with E-state index in [1.54, 1.807) is 42.5 Å². The summed E-state index contributed by atoms with van der Waals surface area (Å²) in [5, 5.41) is 0.713. The fraction of sp³-hybridized carbons (Fsp3) is 0.0833. The molecule has 1 saturated heterocycles. The van der Waals surface area contributed by atoms with Gasteiger partial charge in [0.05, 0.1) is 15.9 Å². The van der Waals surface area contributed by atoms with E-state index in [9.17, 15) is 14.0 Å². The van der Waals surface area contributed by atoms with E-state index in [2.05, 4.69) is 15.9 Å². The quantitative estimate of drug-likeness (QED) is 0.267. The van der Waals surface area contributed by atoms with Crippen molar-refractivity contribution in [3.63, 3.8) is 0 Å². The van der Waals surface area contributed by atoms with Gasteiger partial charge in [0.2, 0.25) is 0 Å². The van der Waals surface area contributed by atoms with Crippen molar-refractivity contribution in [2.24, 2.45) is 0 Å². The highest BCUT2D eigenvalue weighted by Crippen LogP contribution is 2.36. The van der Waals surface area contributed by atoms with Gasteiger partial charge < -0.3 is 4.74 Å². The van der Waals surface area contributed by atoms with Crippen LogP contribution in [0, 0.1) is 5.82 Å². The summed E-state index contributed by atoms with van der Waals surface area (Å²) in [5.74, 6) is -0.511. The fourth-order valence-corrected chi connectivity index (χ4v) is 5.18. The molecule has 0 unspecified atom stereocenters. The molecule has 0 aromatic heterocycles. The maximum absolute atomic E-state index is 14.1. The average molecular weight is 602 g/mol. The summed E-state index contributed by atoms with van der Waals surface area (Å²) in [4.78, 5) is 26.4. The highest BCUT2D eigenvalue weighted by molar-refractivity contribution is 9.10. The number of nitrogens with zero attached hydrogens (tertiary/aromatic N) is 1. The lowest BCUT2D eigenvalue weighted by Crippen LogP contribution is -2.28. The molecule has 174 valence electrons. The molecule has 0 atom stereocenters. The van der Waals surface area contributed by atoms with Crippen LogP contribution in [-0.4, -0.2) is 16.0 Å². The molecule has 0 radical (unpaired) electrons. The number of ether oxygens (including phenoxy) is 1. The summed E-state index contributed by atoms with van der Waals surface area (Å²) >= 11 is 22.4. The monoisotopic (exact) mass is 599 g/mol. The molecule has 1 aliphatic rings. The molecule has 10 heteroatoms. The van der Waals surface area contributed by atoms with Crippen LogP contribution in [0.4, 0.5) is 9.18 Å². The molecule has 3 aromatic carbocycles. The minimum atomic E-state index is -0.574. The Kier molecular flexibility index (Phi) is 7.90. The van der Waals surface area contributed by atoms with E-state index in [1.165, 1.54) is 18.2 Å². The van der Waals surface area contributed by atoms with Crippen molar-refractivity contribution >= 4 is 79.7 Å². The highest BCUT2D eigenvalue weighted by atomic mass is 79.9. The molecule has 0 N–H and O–H groups in total. The van der Waals surface area contributed by atoms with E-state index in [0.29, 0.717) is 25.8 Å². The fourth-order valence-electron chi connectivity index (χ4n) is 3.15. The van der Waals surface area contributed by atoms with Gasteiger partial charge in [-0.05, 0) is 75.7 Å². The predicted molar refractivity (Wildman–Crippen MR) is 138 cm³/mol.